The molecule has 0 aromatic carbocycles. The van der Waals surface area contributed by atoms with E-state index in [-0.39, 0.29) is 11.9 Å². The van der Waals surface area contributed by atoms with Crippen molar-refractivity contribution in [1.29, 1.82) is 0 Å². The quantitative estimate of drug-likeness (QED) is 0.782. The molecule has 1 saturated carbocycles. The van der Waals surface area contributed by atoms with Crippen LogP contribution >= 0.6 is 11.3 Å². The maximum absolute atomic E-state index is 11.8. The zero-order valence-corrected chi connectivity index (χ0v) is 11.1. The van der Waals surface area contributed by atoms with Crippen LogP contribution in [0.5, 0.6) is 0 Å². The lowest BCUT2D eigenvalue weighted by Gasteiger charge is -2.15. The van der Waals surface area contributed by atoms with Gasteiger partial charge in [-0.3, -0.25) is 4.79 Å². The predicted octanol–water partition coefficient (Wildman–Crippen LogP) is 2.46. The first-order valence-electron chi connectivity index (χ1n) is 6.35. The van der Waals surface area contributed by atoms with Crippen molar-refractivity contribution in [1.82, 2.24) is 10.6 Å². The summed E-state index contributed by atoms with van der Waals surface area (Å²) >= 11 is 1.71. The second-order valence-electron chi connectivity index (χ2n) is 4.52. The van der Waals surface area contributed by atoms with Gasteiger partial charge in [0.05, 0.1) is 6.04 Å². The van der Waals surface area contributed by atoms with Gasteiger partial charge in [-0.1, -0.05) is 13.0 Å². The fraction of sp³-hybridized carbons (Fsp3) is 0.615. The van der Waals surface area contributed by atoms with E-state index in [0.29, 0.717) is 12.5 Å². The van der Waals surface area contributed by atoms with E-state index in [1.165, 1.54) is 17.7 Å². The lowest BCUT2D eigenvalue weighted by atomic mass is 10.2. The van der Waals surface area contributed by atoms with Crippen molar-refractivity contribution in [3.8, 4) is 0 Å². The average Bonchev–Trinajstić information content (AvgIpc) is 2.98. The molecule has 1 atom stereocenters. The first-order chi connectivity index (χ1) is 8.29. The van der Waals surface area contributed by atoms with Gasteiger partial charge in [0.2, 0.25) is 5.91 Å². The smallest absolute Gasteiger partial charge is 0.221 e. The Labute approximate surface area is 107 Å². The highest BCUT2D eigenvalue weighted by atomic mass is 32.1. The molecule has 1 heterocycles. The third kappa shape index (κ3) is 4.13. The minimum Gasteiger partial charge on any atom is -0.348 e. The highest BCUT2D eigenvalue weighted by Crippen LogP contribution is 2.21. The van der Waals surface area contributed by atoms with Crippen LogP contribution in [0.3, 0.4) is 0 Å². The van der Waals surface area contributed by atoms with Gasteiger partial charge in [-0.2, -0.15) is 0 Å². The Bertz CT molecular complexity index is 346. The molecule has 4 heteroatoms. The van der Waals surface area contributed by atoms with Gasteiger partial charge in [0, 0.05) is 23.9 Å². The Hall–Kier alpha value is -0.870. The molecule has 1 aliphatic rings. The van der Waals surface area contributed by atoms with Crippen molar-refractivity contribution in [2.45, 2.75) is 44.7 Å². The fourth-order valence-electron chi connectivity index (χ4n) is 1.81. The Morgan fingerprint density at radius 3 is 3.00 bits per heavy atom. The van der Waals surface area contributed by atoms with E-state index in [0.717, 1.165) is 13.0 Å². The second-order valence-corrected chi connectivity index (χ2v) is 5.50. The van der Waals surface area contributed by atoms with E-state index < -0.39 is 0 Å². The molecule has 1 aliphatic carbocycles. The highest BCUT2D eigenvalue weighted by molar-refractivity contribution is 7.10. The molecule has 2 N–H and O–H groups in total. The van der Waals surface area contributed by atoms with Crippen LogP contribution < -0.4 is 10.6 Å². The third-order valence-electron chi connectivity index (χ3n) is 2.99. The highest BCUT2D eigenvalue weighted by Gasteiger charge is 2.20. The number of hydrogen-bond acceptors (Lipinski definition) is 3. The number of thiophene rings is 1. The zero-order valence-electron chi connectivity index (χ0n) is 10.2. The van der Waals surface area contributed by atoms with Crippen LogP contribution in [0.15, 0.2) is 17.5 Å². The number of rotatable bonds is 7. The zero-order chi connectivity index (χ0) is 12.1. The molecule has 1 fully saturated rings. The number of hydrogen-bond donors (Lipinski definition) is 2. The Morgan fingerprint density at radius 1 is 1.59 bits per heavy atom. The summed E-state index contributed by atoms with van der Waals surface area (Å²) in [7, 11) is 0. The summed E-state index contributed by atoms with van der Waals surface area (Å²) in [5.41, 5.74) is 0. The van der Waals surface area contributed by atoms with Crippen molar-refractivity contribution >= 4 is 17.2 Å². The van der Waals surface area contributed by atoms with E-state index in [2.05, 4.69) is 29.0 Å². The van der Waals surface area contributed by atoms with E-state index in [1.807, 2.05) is 6.07 Å². The molecule has 0 bridgehead atoms. The largest absolute Gasteiger partial charge is 0.348 e. The summed E-state index contributed by atoms with van der Waals surface area (Å²) in [6, 6.07) is 4.98. The number of amides is 1. The van der Waals surface area contributed by atoms with Crippen LogP contribution in [0.1, 0.15) is 43.5 Å². The fourth-order valence-corrected chi connectivity index (χ4v) is 2.67. The molecule has 1 amide bonds. The predicted molar refractivity (Wildman–Crippen MR) is 71.1 cm³/mol. The lowest BCUT2D eigenvalue weighted by Crippen LogP contribution is -2.31. The molecule has 0 aliphatic heterocycles. The first-order valence-corrected chi connectivity index (χ1v) is 7.23. The van der Waals surface area contributed by atoms with Crippen molar-refractivity contribution in [3.63, 3.8) is 0 Å². The molecule has 17 heavy (non-hydrogen) atoms. The molecule has 0 spiro atoms. The Morgan fingerprint density at radius 2 is 2.41 bits per heavy atom. The minimum atomic E-state index is 0.151. The third-order valence-corrected chi connectivity index (χ3v) is 3.98. The van der Waals surface area contributed by atoms with Gasteiger partial charge in [0.15, 0.2) is 0 Å². The van der Waals surface area contributed by atoms with Crippen LogP contribution in [-0.2, 0) is 4.79 Å². The Kier molecular flexibility index (Phi) is 4.57. The molecule has 1 aromatic heterocycles. The Balaban J connectivity index is 1.71. The molecule has 3 nitrogen and oxygen atoms in total. The van der Waals surface area contributed by atoms with Crippen LogP contribution in [0, 0.1) is 0 Å². The monoisotopic (exact) mass is 252 g/mol. The number of carbonyl (C=O) groups excluding carboxylic acids is 1. The summed E-state index contributed by atoms with van der Waals surface area (Å²) in [4.78, 5) is 13.0. The van der Waals surface area contributed by atoms with Gasteiger partial charge in [-0.25, -0.2) is 0 Å². The normalized spacial score (nSPS) is 16.8. The maximum Gasteiger partial charge on any atom is 0.221 e. The molecule has 0 saturated heterocycles. The molecule has 1 unspecified atom stereocenters. The lowest BCUT2D eigenvalue weighted by molar-refractivity contribution is -0.121. The van der Waals surface area contributed by atoms with Gasteiger partial charge < -0.3 is 10.6 Å². The van der Waals surface area contributed by atoms with Crippen LogP contribution in [0.4, 0.5) is 0 Å². The standard InChI is InChI=1S/C13H20N2OS/c1-2-11(12-4-3-9-17-12)15-13(16)7-8-14-10-5-6-10/h3-4,9-11,14H,2,5-8H2,1H3,(H,15,16). The second kappa shape index (κ2) is 6.17. The van der Waals surface area contributed by atoms with Gasteiger partial charge in [-0.15, -0.1) is 11.3 Å². The van der Waals surface area contributed by atoms with Crippen LogP contribution in [-0.4, -0.2) is 18.5 Å². The summed E-state index contributed by atoms with van der Waals surface area (Å²) in [6.07, 6.45) is 4.07. The summed E-state index contributed by atoms with van der Waals surface area (Å²) in [5.74, 6) is 0.151. The van der Waals surface area contributed by atoms with Crippen molar-refractivity contribution < 1.29 is 4.79 Å². The van der Waals surface area contributed by atoms with Crippen molar-refractivity contribution in [3.05, 3.63) is 22.4 Å². The van der Waals surface area contributed by atoms with Crippen LogP contribution in [0.25, 0.3) is 0 Å². The number of nitrogens with one attached hydrogen (secondary N) is 2. The molecule has 1 aromatic rings. The van der Waals surface area contributed by atoms with Crippen molar-refractivity contribution in [2.75, 3.05) is 6.54 Å². The van der Waals surface area contributed by atoms with E-state index in [9.17, 15) is 4.79 Å². The van der Waals surface area contributed by atoms with Gasteiger partial charge in [0.1, 0.15) is 0 Å². The minimum absolute atomic E-state index is 0.151. The van der Waals surface area contributed by atoms with Gasteiger partial charge in [0.25, 0.3) is 0 Å². The van der Waals surface area contributed by atoms with E-state index >= 15 is 0 Å². The average molecular weight is 252 g/mol. The molecular weight excluding hydrogens is 232 g/mol. The molecule has 0 radical (unpaired) electrons. The van der Waals surface area contributed by atoms with Crippen LogP contribution in [0.2, 0.25) is 0 Å². The first kappa shape index (κ1) is 12.6. The van der Waals surface area contributed by atoms with Gasteiger partial charge in [-0.05, 0) is 30.7 Å². The van der Waals surface area contributed by atoms with Gasteiger partial charge >= 0.3 is 0 Å². The van der Waals surface area contributed by atoms with E-state index in [1.54, 1.807) is 11.3 Å². The number of carbonyl (C=O) groups is 1. The molecule has 94 valence electrons. The summed E-state index contributed by atoms with van der Waals surface area (Å²) < 4.78 is 0. The van der Waals surface area contributed by atoms with E-state index in [4.69, 9.17) is 0 Å². The topological polar surface area (TPSA) is 41.1 Å². The summed E-state index contributed by atoms with van der Waals surface area (Å²) in [6.45, 7) is 2.91. The SMILES string of the molecule is CCC(NC(=O)CCNC1CC1)c1cccs1. The molecule has 2 rings (SSSR count). The maximum atomic E-state index is 11.8. The van der Waals surface area contributed by atoms with Crippen molar-refractivity contribution in [2.24, 2.45) is 0 Å². The molecular formula is C13H20N2OS. The summed E-state index contributed by atoms with van der Waals surface area (Å²) in [5, 5.41) is 8.50.